The molecule has 230 valence electrons. The summed E-state index contributed by atoms with van der Waals surface area (Å²) in [5.74, 6) is 0. The molecular formula is C48H27NS. The van der Waals surface area contributed by atoms with E-state index >= 15 is 0 Å². The second-order valence-electron chi connectivity index (χ2n) is 13.6. The van der Waals surface area contributed by atoms with Crippen molar-refractivity contribution in [1.82, 2.24) is 4.57 Å². The smallest absolute Gasteiger partial charge is 0.0541 e. The molecule has 0 radical (unpaired) electrons. The van der Waals surface area contributed by atoms with Crippen molar-refractivity contribution in [2.75, 3.05) is 0 Å². The number of rotatable bonds is 2. The maximum Gasteiger partial charge on any atom is 0.0541 e. The van der Waals surface area contributed by atoms with E-state index in [1.807, 2.05) is 11.3 Å². The van der Waals surface area contributed by atoms with E-state index in [1.165, 1.54) is 113 Å². The first kappa shape index (κ1) is 26.7. The lowest BCUT2D eigenvalue weighted by Gasteiger charge is -2.19. The van der Waals surface area contributed by atoms with Crippen LogP contribution in [0.2, 0.25) is 0 Å². The molecule has 0 aliphatic heterocycles. The van der Waals surface area contributed by atoms with Gasteiger partial charge in [0, 0.05) is 36.6 Å². The summed E-state index contributed by atoms with van der Waals surface area (Å²) < 4.78 is 5.07. The Balaban J connectivity index is 1.16. The zero-order valence-corrected chi connectivity index (χ0v) is 27.8. The summed E-state index contributed by atoms with van der Waals surface area (Å²) in [7, 11) is 0. The summed E-state index contributed by atoms with van der Waals surface area (Å²) in [5.41, 5.74) is 6.23. The third-order valence-electron chi connectivity index (χ3n) is 11.1. The van der Waals surface area contributed by atoms with E-state index < -0.39 is 0 Å². The molecule has 0 saturated heterocycles. The molecule has 0 amide bonds. The van der Waals surface area contributed by atoms with Crippen LogP contribution in [0.1, 0.15) is 0 Å². The quantitative estimate of drug-likeness (QED) is 0.130. The Morgan fingerprint density at radius 2 is 0.820 bits per heavy atom. The third-order valence-corrected chi connectivity index (χ3v) is 12.3. The first-order chi connectivity index (χ1) is 24.8. The van der Waals surface area contributed by atoms with Crippen molar-refractivity contribution < 1.29 is 0 Å². The highest BCUT2D eigenvalue weighted by molar-refractivity contribution is 7.26. The first-order valence-corrected chi connectivity index (χ1v) is 18.1. The first-order valence-electron chi connectivity index (χ1n) is 17.3. The molecule has 0 bridgehead atoms. The minimum absolute atomic E-state index is 1.20. The second kappa shape index (κ2) is 9.69. The lowest BCUT2D eigenvalue weighted by molar-refractivity contribution is 1.19. The molecule has 2 heteroatoms. The number of aromatic nitrogens is 1. The molecule has 0 atom stereocenters. The van der Waals surface area contributed by atoms with Crippen molar-refractivity contribution in [3.63, 3.8) is 0 Å². The summed E-state index contributed by atoms with van der Waals surface area (Å²) in [6.07, 6.45) is 0. The molecule has 0 fully saturated rings. The fourth-order valence-electron chi connectivity index (χ4n) is 9.02. The van der Waals surface area contributed by atoms with Gasteiger partial charge in [-0.25, -0.2) is 0 Å². The number of thiophene rings is 1. The van der Waals surface area contributed by atoms with E-state index in [0.29, 0.717) is 0 Å². The molecule has 0 spiro atoms. The van der Waals surface area contributed by atoms with E-state index in [2.05, 4.69) is 168 Å². The number of hydrogen-bond acceptors (Lipinski definition) is 1. The zero-order valence-electron chi connectivity index (χ0n) is 26.9. The maximum atomic E-state index is 2.47. The molecule has 10 aromatic carbocycles. The van der Waals surface area contributed by atoms with Crippen molar-refractivity contribution in [2.24, 2.45) is 0 Å². The summed E-state index contributed by atoms with van der Waals surface area (Å²) >= 11 is 1.91. The lowest BCUT2D eigenvalue weighted by atomic mass is 9.84. The summed E-state index contributed by atoms with van der Waals surface area (Å²) in [6, 6.07) is 61.1. The standard InChI is InChI=1S/C48H27NS/c1-3-13-33-31(11-1)37-18-10-19-38-32-12-2-4-14-34(32)42-26-28(25-41(33)47(42)46(37)38)30-17-9-20-39-40-27-29(23-24-45(40)50-48(30)39)49-43-21-7-5-15-35(43)36-16-6-8-22-44(36)49/h1-27H. The molecule has 0 aliphatic carbocycles. The molecule has 0 saturated carbocycles. The van der Waals surface area contributed by atoms with E-state index in [4.69, 9.17) is 0 Å². The van der Waals surface area contributed by atoms with Gasteiger partial charge in [0.25, 0.3) is 0 Å². The minimum Gasteiger partial charge on any atom is -0.309 e. The Labute approximate surface area is 291 Å². The van der Waals surface area contributed by atoms with Crippen LogP contribution in [0.3, 0.4) is 0 Å². The van der Waals surface area contributed by atoms with Gasteiger partial charge in [0.1, 0.15) is 0 Å². The summed E-state index contributed by atoms with van der Waals surface area (Å²) in [4.78, 5) is 0. The molecule has 12 rings (SSSR count). The van der Waals surface area contributed by atoms with E-state index in [0.717, 1.165) is 0 Å². The van der Waals surface area contributed by atoms with Gasteiger partial charge >= 0.3 is 0 Å². The number of fused-ring (bicyclic) bond motifs is 12. The SMILES string of the molecule is c1cc(-c2cc3c4ccccc4c4cccc5c6ccccc6c(c2)c3c45)c2sc3ccc(-n4c5ccccc5c5ccccc54)cc3c2c1. The van der Waals surface area contributed by atoms with Crippen LogP contribution in [0.15, 0.2) is 164 Å². The van der Waals surface area contributed by atoms with Gasteiger partial charge in [-0.05, 0) is 107 Å². The van der Waals surface area contributed by atoms with Crippen LogP contribution in [0.5, 0.6) is 0 Å². The van der Waals surface area contributed by atoms with Gasteiger partial charge in [-0.1, -0.05) is 121 Å². The Hall–Kier alpha value is -6.22. The molecule has 2 aromatic heterocycles. The highest BCUT2D eigenvalue weighted by Gasteiger charge is 2.20. The van der Waals surface area contributed by atoms with Crippen LogP contribution in [0, 0.1) is 0 Å². The van der Waals surface area contributed by atoms with Crippen LogP contribution >= 0.6 is 11.3 Å². The maximum absolute atomic E-state index is 2.47. The van der Waals surface area contributed by atoms with Gasteiger partial charge in [0.2, 0.25) is 0 Å². The van der Waals surface area contributed by atoms with Crippen LogP contribution in [0.25, 0.3) is 113 Å². The largest absolute Gasteiger partial charge is 0.309 e. The van der Waals surface area contributed by atoms with Gasteiger partial charge in [-0.3, -0.25) is 0 Å². The topological polar surface area (TPSA) is 4.93 Å². The highest BCUT2D eigenvalue weighted by atomic mass is 32.1. The molecule has 50 heavy (non-hydrogen) atoms. The van der Waals surface area contributed by atoms with Gasteiger partial charge in [0.05, 0.1) is 11.0 Å². The number of hydrogen-bond donors (Lipinski definition) is 0. The Morgan fingerprint density at radius 1 is 0.340 bits per heavy atom. The van der Waals surface area contributed by atoms with Gasteiger partial charge in [0.15, 0.2) is 0 Å². The Morgan fingerprint density at radius 3 is 1.44 bits per heavy atom. The molecule has 0 N–H and O–H groups in total. The van der Waals surface area contributed by atoms with Crippen molar-refractivity contribution in [3.05, 3.63) is 164 Å². The third kappa shape index (κ3) is 3.41. The van der Waals surface area contributed by atoms with Gasteiger partial charge in [-0.2, -0.15) is 0 Å². The molecule has 0 unspecified atom stereocenters. The molecule has 1 nitrogen and oxygen atoms in total. The van der Waals surface area contributed by atoms with Crippen LogP contribution < -0.4 is 0 Å². The van der Waals surface area contributed by atoms with Crippen LogP contribution in [-0.4, -0.2) is 4.57 Å². The molecule has 0 aliphatic rings. The van der Waals surface area contributed by atoms with E-state index in [9.17, 15) is 0 Å². The van der Waals surface area contributed by atoms with Crippen molar-refractivity contribution in [2.45, 2.75) is 0 Å². The minimum atomic E-state index is 1.20. The summed E-state index contributed by atoms with van der Waals surface area (Å²) in [5, 5.41) is 18.5. The number of nitrogens with zero attached hydrogens (tertiary/aromatic N) is 1. The van der Waals surface area contributed by atoms with E-state index in [1.54, 1.807) is 0 Å². The van der Waals surface area contributed by atoms with Crippen LogP contribution in [0.4, 0.5) is 0 Å². The number of para-hydroxylation sites is 2. The van der Waals surface area contributed by atoms with E-state index in [-0.39, 0.29) is 0 Å². The second-order valence-corrected chi connectivity index (χ2v) is 14.7. The normalized spacial score (nSPS) is 12.4. The monoisotopic (exact) mass is 649 g/mol. The van der Waals surface area contributed by atoms with Gasteiger partial charge < -0.3 is 4.57 Å². The predicted molar refractivity (Wildman–Crippen MR) is 218 cm³/mol. The summed E-state index contributed by atoms with van der Waals surface area (Å²) in [6.45, 7) is 0. The predicted octanol–water partition coefficient (Wildman–Crippen LogP) is 14.0. The average Bonchev–Trinajstić information content (AvgIpc) is 3.73. The highest BCUT2D eigenvalue weighted by Crippen LogP contribution is 2.48. The van der Waals surface area contributed by atoms with Crippen molar-refractivity contribution in [1.29, 1.82) is 0 Å². The van der Waals surface area contributed by atoms with Crippen LogP contribution in [-0.2, 0) is 0 Å². The molecule has 2 heterocycles. The van der Waals surface area contributed by atoms with Crippen molar-refractivity contribution >= 4 is 107 Å². The average molecular weight is 650 g/mol. The Bertz CT molecular complexity index is 3220. The molecular weight excluding hydrogens is 623 g/mol. The fourth-order valence-corrected chi connectivity index (χ4v) is 10.2. The zero-order chi connectivity index (χ0) is 32.5. The number of benzene rings is 10. The van der Waals surface area contributed by atoms with Gasteiger partial charge in [-0.15, -0.1) is 11.3 Å². The fraction of sp³-hybridized carbons (Fsp3) is 0. The molecule has 12 aromatic rings. The Kier molecular flexibility index (Phi) is 5.18. The van der Waals surface area contributed by atoms with Crippen molar-refractivity contribution in [3.8, 4) is 16.8 Å². The lowest BCUT2D eigenvalue weighted by Crippen LogP contribution is -1.93.